The molecule has 142 valence electrons. The minimum Gasteiger partial charge on any atom is -0.489 e. The van der Waals surface area contributed by atoms with Gasteiger partial charge in [0.1, 0.15) is 12.4 Å². The maximum Gasteiger partial charge on any atom is 0.338 e. The van der Waals surface area contributed by atoms with Crippen molar-refractivity contribution in [2.75, 3.05) is 6.61 Å². The molecule has 0 saturated carbocycles. The van der Waals surface area contributed by atoms with Gasteiger partial charge < -0.3 is 14.8 Å². The highest BCUT2D eigenvalue weighted by Crippen LogP contribution is 2.36. The molecule has 5 nitrogen and oxygen atoms in total. The van der Waals surface area contributed by atoms with Crippen molar-refractivity contribution < 1.29 is 14.3 Å². The summed E-state index contributed by atoms with van der Waals surface area (Å²) in [7, 11) is 0. The second-order valence-electron chi connectivity index (χ2n) is 6.60. The predicted molar refractivity (Wildman–Crippen MR) is 106 cm³/mol. The third-order valence-electron chi connectivity index (χ3n) is 4.79. The van der Waals surface area contributed by atoms with E-state index in [1.807, 2.05) is 42.5 Å². The molecule has 1 unspecified atom stereocenters. The molecule has 3 aromatic rings. The number of hydrogen-bond donors (Lipinski definition) is 1. The molecule has 0 amide bonds. The van der Waals surface area contributed by atoms with Crippen LogP contribution < -0.4 is 10.1 Å². The molecule has 2 heterocycles. The van der Waals surface area contributed by atoms with Gasteiger partial charge in [-0.3, -0.25) is 4.98 Å². The highest BCUT2D eigenvalue weighted by molar-refractivity contribution is 5.90. The smallest absolute Gasteiger partial charge is 0.338 e. The van der Waals surface area contributed by atoms with Crippen LogP contribution in [0.25, 0.3) is 0 Å². The van der Waals surface area contributed by atoms with Crippen molar-refractivity contribution in [1.29, 1.82) is 0 Å². The minimum atomic E-state index is -0.327. The molecule has 1 atom stereocenters. The van der Waals surface area contributed by atoms with Crippen molar-refractivity contribution in [3.63, 3.8) is 0 Å². The van der Waals surface area contributed by atoms with E-state index in [1.165, 1.54) is 0 Å². The van der Waals surface area contributed by atoms with Crippen LogP contribution >= 0.6 is 0 Å². The fourth-order valence-corrected chi connectivity index (χ4v) is 3.45. The molecule has 0 fully saturated rings. The Kier molecular flexibility index (Phi) is 5.35. The molecule has 1 aromatic heterocycles. The molecule has 1 aliphatic rings. The molecule has 1 N–H and O–H groups in total. The van der Waals surface area contributed by atoms with Crippen LogP contribution in [0, 0.1) is 0 Å². The average Bonchev–Trinajstić information content (AvgIpc) is 2.89. The first-order chi connectivity index (χ1) is 13.8. The topological polar surface area (TPSA) is 60.5 Å². The lowest BCUT2D eigenvalue weighted by Crippen LogP contribution is -2.23. The summed E-state index contributed by atoms with van der Waals surface area (Å²) in [6.45, 7) is 3.24. The number of benzene rings is 2. The van der Waals surface area contributed by atoms with Gasteiger partial charge >= 0.3 is 5.97 Å². The van der Waals surface area contributed by atoms with Crippen LogP contribution in [-0.2, 0) is 17.9 Å². The van der Waals surface area contributed by atoms with Gasteiger partial charge in [0.25, 0.3) is 0 Å². The lowest BCUT2D eigenvalue weighted by Gasteiger charge is -2.21. The number of carbonyl (C=O) groups is 1. The molecule has 28 heavy (non-hydrogen) atoms. The number of ether oxygens (including phenoxy) is 2. The molecule has 1 aliphatic heterocycles. The van der Waals surface area contributed by atoms with Crippen LogP contribution in [0.1, 0.15) is 45.7 Å². The molecule has 0 spiro atoms. The Morgan fingerprint density at radius 1 is 1.14 bits per heavy atom. The molecule has 0 saturated heterocycles. The normalized spacial score (nSPS) is 15.0. The van der Waals surface area contributed by atoms with Gasteiger partial charge in [-0.1, -0.05) is 30.3 Å². The van der Waals surface area contributed by atoms with E-state index in [0.29, 0.717) is 25.3 Å². The Balaban J connectivity index is 1.73. The molecule has 4 rings (SSSR count). The summed E-state index contributed by atoms with van der Waals surface area (Å²) in [5.74, 6) is 0.439. The van der Waals surface area contributed by atoms with Gasteiger partial charge in [-0.05, 0) is 48.4 Å². The Bertz CT molecular complexity index is 973. The maximum atomic E-state index is 12.3. The lowest BCUT2D eigenvalue weighted by atomic mass is 9.93. The highest BCUT2D eigenvalue weighted by atomic mass is 16.5. The maximum absolute atomic E-state index is 12.3. The first-order valence-corrected chi connectivity index (χ1v) is 9.41. The summed E-state index contributed by atoms with van der Waals surface area (Å²) in [5.41, 5.74) is 4.65. The molecular formula is C23H22N2O3. The zero-order valence-corrected chi connectivity index (χ0v) is 15.7. The fourth-order valence-electron chi connectivity index (χ4n) is 3.45. The predicted octanol–water partition coefficient (Wildman–Crippen LogP) is 4.03. The quantitative estimate of drug-likeness (QED) is 0.683. The zero-order chi connectivity index (χ0) is 19.3. The Morgan fingerprint density at radius 2 is 2.00 bits per heavy atom. The van der Waals surface area contributed by atoms with Crippen molar-refractivity contribution in [3.05, 3.63) is 94.8 Å². The van der Waals surface area contributed by atoms with Crippen LogP contribution in [0.15, 0.2) is 66.9 Å². The zero-order valence-electron chi connectivity index (χ0n) is 15.7. The monoisotopic (exact) mass is 374 g/mol. The largest absolute Gasteiger partial charge is 0.489 e. The Hall–Kier alpha value is -3.18. The van der Waals surface area contributed by atoms with E-state index < -0.39 is 0 Å². The highest BCUT2D eigenvalue weighted by Gasteiger charge is 2.25. The SMILES string of the molecule is CCOC(=O)c1ccc2c(c1)C(NCc1ccccn1)c1ccccc1CO2. The second-order valence-corrected chi connectivity index (χ2v) is 6.60. The van der Waals surface area contributed by atoms with Crippen LogP contribution in [-0.4, -0.2) is 17.6 Å². The van der Waals surface area contributed by atoms with Gasteiger partial charge in [0.2, 0.25) is 0 Å². The summed E-state index contributed by atoms with van der Waals surface area (Å²) in [6, 6.07) is 19.4. The molecule has 0 bridgehead atoms. The van der Waals surface area contributed by atoms with Crippen LogP contribution in [0.5, 0.6) is 5.75 Å². The molecule has 0 radical (unpaired) electrons. The number of pyridine rings is 1. The summed E-state index contributed by atoms with van der Waals surface area (Å²) in [4.78, 5) is 16.7. The molecule has 5 heteroatoms. The Morgan fingerprint density at radius 3 is 2.82 bits per heavy atom. The van der Waals surface area contributed by atoms with E-state index in [1.54, 1.807) is 19.2 Å². The standard InChI is InChI=1S/C23H22N2O3/c1-2-27-23(26)16-10-11-21-20(13-16)22(25-14-18-8-5-6-12-24-18)19-9-4-3-7-17(19)15-28-21/h3-13,22,25H,2,14-15H2,1H3. The third kappa shape index (κ3) is 3.75. The van der Waals surface area contributed by atoms with Crippen molar-refractivity contribution >= 4 is 5.97 Å². The van der Waals surface area contributed by atoms with Crippen LogP contribution in [0.2, 0.25) is 0 Å². The van der Waals surface area contributed by atoms with E-state index in [4.69, 9.17) is 9.47 Å². The van der Waals surface area contributed by atoms with Gasteiger partial charge in [0.05, 0.1) is 23.9 Å². The van der Waals surface area contributed by atoms with E-state index in [9.17, 15) is 4.79 Å². The van der Waals surface area contributed by atoms with Crippen molar-refractivity contribution in [1.82, 2.24) is 10.3 Å². The van der Waals surface area contributed by atoms with E-state index in [0.717, 1.165) is 28.1 Å². The van der Waals surface area contributed by atoms with Gasteiger partial charge in [-0.25, -0.2) is 4.79 Å². The summed E-state index contributed by atoms with van der Waals surface area (Å²) >= 11 is 0. The summed E-state index contributed by atoms with van der Waals surface area (Å²) in [5, 5.41) is 3.59. The third-order valence-corrected chi connectivity index (χ3v) is 4.79. The Labute approximate surface area is 164 Å². The number of esters is 1. The first kappa shape index (κ1) is 18.2. The number of aromatic nitrogens is 1. The number of fused-ring (bicyclic) bond motifs is 2. The number of carbonyl (C=O) groups excluding carboxylic acids is 1. The van der Waals surface area contributed by atoms with Gasteiger partial charge in [-0.2, -0.15) is 0 Å². The van der Waals surface area contributed by atoms with Crippen LogP contribution in [0.4, 0.5) is 0 Å². The average molecular weight is 374 g/mol. The second kappa shape index (κ2) is 8.23. The lowest BCUT2D eigenvalue weighted by molar-refractivity contribution is 0.0526. The minimum absolute atomic E-state index is 0.120. The van der Waals surface area contributed by atoms with Crippen LogP contribution in [0.3, 0.4) is 0 Å². The van der Waals surface area contributed by atoms with Crippen molar-refractivity contribution in [2.24, 2.45) is 0 Å². The van der Waals surface area contributed by atoms with Crippen molar-refractivity contribution in [2.45, 2.75) is 26.1 Å². The fraction of sp³-hybridized carbons (Fsp3) is 0.217. The summed E-state index contributed by atoms with van der Waals surface area (Å²) < 4.78 is 11.2. The number of nitrogens with one attached hydrogen (secondary N) is 1. The number of hydrogen-bond acceptors (Lipinski definition) is 5. The molecule has 0 aliphatic carbocycles. The van der Waals surface area contributed by atoms with Gasteiger partial charge in [0, 0.05) is 18.3 Å². The van der Waals surface area contributed by atoms with E-state index in [2.05, 4.69) is 22.4 Å². The van der Waals surface area contributed by atoms with Crippen molar-refractivity contribution in [3.8, 4) is 5.75 Å². The van der Waals surface area contributed by atoms with Gasteiger partial charge in [0.15, 0.2) is 0 Å². The first-order valence-electron chi connectivity index (χ1n) is 9.41. The van der Waals surface area contributed by atoms with E-state index >= 15 is 0 Å². The molecular weight excluding hydrogens is 352 g/mol. The number of rotatable bonds is 5. The molecule has 2 aromatic carbocycles. The van der Waals surface area contributed by atoms with E-state index in [-0.39, 0.29) is 12.0 Å². The number of nitrogens with zero attached hydrogens (tertiary/aromatic N) is 1. The van der Waals surface area contributed by atoms with Gasteiger partial charge in [-0.15, -0.1) is 0 Å². The summed E-state index contributed by atoms with van der Waals surface area (Å²) in [6.07, 6.45) is 1.79.